The number of rotatable bonds is 5. The molecule has 86 valence electrons. The second-order valence-corrected chi connectivity index (χ2v) is 3.62. The molecule has 1 aromatic rings. The predicted octanol–water partition coefficient (Wildman–Crippen LogP) is 2.56. The molecule has 0 fully saturated rings. The van der Waals surface area contributed by atoms with E-state index in [0.717, 1.165) is 0 Å². The van der Waals surface area contributed by atoms with Crippen LogP contribution in [0.3, 0.4) is 0 Å². The summed E-state index contributed by atoms with van der Waals surface area (Å²) in [6, 6.07) is 8.22. The number of methoxy groups -OCH3 is 1. The first kappa shape index (κ1) is 12.5. The van der Waals surface area contributed by atoms with E-state index in [1.54, 1.807) is 12.1 Å². The molecule has 0 aliphatic rings. The van der Waals surface area contributed by atoms with Crippen molar-refractivity contribution in [2.75, 3.05) is 19.0 Å². The van der Waals surface area contributed by atoms with Crippen molar-refractivity contribution in [3.8, 4) is 6.07 Å². The summed E-state index contributed by atoms with van der Waals surface area (Å²) in [4.78, 5) is 0. The zero-order valence-corrected chi connectivity index (χ0v) is 9.46. The molecule has 0 aliphatic heterocycles. The Labute approximate surface area is 94.8 Å². The van der Waals surface area contributed by atoms with Crippen molar-refractivity contribution in [1.82, 2.24) is 0 Å². The van der Waals surface area contributed by atoms with Gasteiger partial charge in [-0.3, -0.25) is 0 Å². The van der Waals surface area contributed by atoms with Gasteiger partial charge in [0.15, 0.2) is 0 Å². The molecule has 0 spiro atoms. The normalized spacial score (nSPS) is 13.9. The first-order valence-electron chi connectivity index (χ1n) is 5.10. The monoisotopic (exact) mass is 222 g/mol. The lowest BCUT2D eigenvalue weighted by Crippen LogP contribution is -2.40. The van der Waals surface area contributed by atoms with Gasteiger partial charge in [-0.25, -0.2) is 4.39 Å². The number of hydrogen-bond donors (Lipinski definition) is 1. The number of halogens is 1. The fourth-order valence-electron chi connectivity index (χ4n) is 1.45. The van der Waals surface area contributed by atoms with E-state index in [1.165, 1.54) is 19.2 Å². The topological polar surface area (TPSA) is 45.0 Å². The number of nitriles is 1. The third-order valence-corrected chi connectivity index (χ3v) is 2.42. The van der Waals surface area contributed by atoms with Crippen LogP contribution in [0, 0.1) is 17.1 Å². The van der Waals surface area contributed by atoms with Crippen LogP contribution in [0.15, 0.2) is 24.3 Å². The van der Waals surface area contributed by atoms with Gasteiger partial charge in [0.05, 0.1) is 12.7 Å². The maximum atomic E-state index is 13.0. The van der Waals surface area contributed by atoms with Gasteiger partial charge < -0.3 is 10.1 Å². The van der Waals surface area contributed by atoms with Crippen LogP contribution in [0.1, 0.15) is 13.3 Å². The van der Waals surface area contributed by atoms with Crippen LogP contribution in [-0.2, 0) is 4.74 Å². The number of nitrogens with one attached hydrogen (secondary N) is 1. The van der Waals surface area contributed by atoms with Gasteiger partial charge in [0, 0.05) is 12.8 Å². The minimum absolute atomic E-state index is 0.260. The van der Waals surface area contributed by atoms with Gasteiger partial charge in [-0.15, -0.1) is 0 Å². The second-order valence-electron chi connectivity index (χ2n) is 3.62. The van der Waals surface area contributed by atoms with E-state index in [9.17, 15) is 4.39 Å². The third-order valence-electron chi connectivity index (χ3n) is 2.42. The van der Waals surface area contributed by atoms with Gasteiger partial charge in [0.25, 0.3) is 0 Å². The van der Waals surface area contributed by atoms with E-state index in [2.05, 4.69) is 11.4 Å². The molecule has 0 aromatic heterocycles. The van der Waals surface area contributed by atoms with Crippen LogP contribution in [0.5, 0.6) is 0 Å². The van der Waals surface area contributed by atoms with Crippen LogP contribution >= 0.6 is 0 Å². The Kier molecular flexibility index (Phi) is 4.27. The average molecular weight is 222 g/mol. The van der Waals surface area contributed by atoms with Gasteiger partial charge in [0.1, 0.15) is 11.4 Å². The van der Waals surface area contributed by atoms with E-state index < -0.39 is 5.54 Å². The summed E-state index contributed by atoms with van der Waals surface area (Å²) in [5.41, 5.74) is -0.219. The first-order valence-corrected chi connectivity index (χ1v) is 5.10. The quantitative estimate of drug-likeness (QED) is 0.832. The fourth-order valence-corrected chi connectivity index (χ4v) is 1.45. The summed E-state index contributed by atoms with van der Waals surface area (Å²) in [7, 11) is 1.54. The van der Waals surface area contributed by atoms with Gasteiger partial charge in [0.2, 0.25) is 0 Å². The molecule has 1 aromatic carbocycles. The molecule has 4 heteroatoms. The second kappa shape index (κ2) is 5.47. The van der Waals surface area contributed by atoms with Gasteiger partial charge in [-0.05, 0) is 24.6 Å². The lowest BCUT2D eigenvalue weighted by Gasteiger charge is -2.26. The van der Waals surface area contributed by atoms with Crippen molar-refractivity contribution in [2.45, 2.75) is 18.9 Å². The Morgan fingerprint density at radius 2 is 2.31 bits per heavy atom. The Hall–Kier alpha value is -1.60. The van der Waals surface area contributed by atoms with Crippen molar-refractivity contribution in [3.05, 3.63) is 30.1 Å². The smallest absolute Gasteiger partial charge is 0.148 e. The number of hydrogen-bond acceptors (Lipinski definition) is 3. The van der Waals surface area contributed by atoms with Crippen molar-refractivity contribution in [3.63, 3.8) is 0 Å². The molecular weight excluding hydrogens is 207 g/mol. The van der Waals surface area contributed by atoms with Crippen LogP contribution < -0.4 is 5.32 Å². The van der Waals surface area contributed by atoms with Gasteiger partial charge >= 0.3 is 0 Å². The van der Waals surface area contributed by atoms with Gasteiger partial charge in [-0.2, -0.15) is 5.26 Å². The molecule has 1 N–H and O–H groups in total. The molecule has 0 amide bonds. The van der Waals surface area contributed by atoms with E-state index in [0.29, 0.717) is 12.1 Å². The van der Waals surface area contributed by atoms with E-state index in [-0.39, 0.29) is 12.4 Å². The lowest BCUT2D eigenvalue weighted by molar-refractivity contribution is 0.162. The predicted molar refractivity (Wildman–Crippen MR) is 60.5 cm³/mol. The molecule has 0 saturated heterocycles. The molecule has 1 atom stereocenters. The minimum Gasteiger partial charge on any atom is -0.381 e. The van der Waals surface area contributed by atoms with Gasteiger partial charge in [-0.1, -0.05) is 13.0 Å². The molecule has 0 bridgehead atoms. The molecule has 0 heterocycles. The van der Waals surface area contributed by atoms with E-state index in [1.807, 2.05) is 6.92 Å². The highest BCUT2D eigenvalue weighted by Gasteiger charge is 2.27. The number of anilines is 1. The number of nitrogens with zero attached hydrogens (tertiary/aromatic N) is 1. The maximum Gasteiger partial charge on any atom is 0.148 e. The zero-order chi connectivity index (χ0) is 12.0. The summed E-state index contributed by atoms with van der Waals surface area (Å²) < 4.78 is 18.0. The average Bonchev–Trinajstić information content (AvgIpc) is 2.28. The molecule has 0 radical (unpaired) electrons. The summed E-state index contributed by atoms with van der Waals surface area (Å²) in [5, 5.41) is 12.2. The largest absolute Gasteiger partial charge is 0.381 e. The van der Waals surface area contributed by atoms with Crippen molar-refractivity contribution in [2.24, 2.45) is 0 Å². The summed E-state index contributed by atoms with van der Waals surface area (Å²) >= 11 is 0. The number of ether oxygens (including phenoxy) is 1. The lowest BCUT2D eigenvalue weighted by atomic mass is 9.99. The molecular formula is C12H15FN2O. The summed E-state index contributed by atoms with van der Waals surface area (Å²) in [6.07, 6.45) is 0.577. The van der Waals surface area contributed by atoms with Crippen molar-refractivity contribution in [1.29, 1.82) is 5.26 Å². The Morgan fingerprint density at radius 3 is 2.81 bits per heavy atom. The molecule has 3 nitrogen and oxygen atoms in total. The van der Waals surface area contributed by atoms with E-state index >= 15 is 0 Å². The Balaban J connectivity index is 2.88. The Bertz CT molecular complexity index is 389. The van der Waals surface area contributed by atoms with Crippen LogP contribution in [0.4, 0.5) is 10.1 Å². The highest BCUT2D eigenvalue weighted by Crippen LogP contribution is 2.19. The summed E-state index contributed by atoms with van der Waals surface area (Å²) in [5.74, 6) is -0.328. The minimum atomic E-state index is -0.803. The molecule has 16 heavy (non-hydrogen) atoms. The van der Waals surface area contributed by atoms with Crippen LogP contribution in [-0.4, -0.2) is 19.3 Å². The first-order chi connectivity index (χ1) is 7.65. The third kappa shape index (κ3) is 2.94. The van der Waals surface area contributed by atoms with Crippen LogP contribution in [0.2, 0.25) is 0 Å². The highest BCUT2D eigenvalue weighted by atomic mass is 19.1. The SMILES string of the molecule is CCC(C#N)(COC)Nc1cccc(F)c1. The molecule has 1 unspecified atom stereocenters. The Morgan fingerprint density at radius 1 is 1.56 bits per heavy atom. The summed E-state index contributed by atoms with van der Waals surface area (Å²) in [6.45, 7) is 2.14. The fraction of sp³-hybridized carbons (Fsp3) is 0.417. The van der Waals surface area contributed by atoms with Crippen molar-refractivity contribution >= 4 is 5.69 Å². The highest BCUT2D eigenvalue weighted by molar-refractivity contribution is 5.47. The molecule has 0 saturated carbocycles. The zero-order valence-electron chi connectivity index (χ0n) is 9.46. The standard InChI is InChI=1S/C12H15FN2O/c1-3-12(8-14,9-16-2)15-11-6-4-5-10(13)7-11/h4-7,15H,3,9H2,1-2H3. The molecule has 0 aliphatic carbocycles. The van der Waals surface area contributed by atoms with Crippen LogP contribution in [0.25, 0.3) is 0 Å². The van der Waals surface area contributed by atoms with E-state index in [4.69, 9.17) is 10.00 Å². The van der Waals surface area contributed by atoms with Crippen molar-refractivity contribution < 1.29 is 9.13 Å². The number of benzene rings is 1. The molecule has 1 rings (SSSR count). The maximum absolute atomic E-state index is 13.0.